The lowest BCUT2D eigenvalue weighted by Gasteiger charge is -1.99. The number of benzene rings is 1. The largest absolute Gasteiger partial charge is 0.496 e. The molecular weight excluding hydrogens is 194 g/mol. The second kappa shape index (κ2) is 2.92. The first-order chi connectivity index (χ1) is 5.83. The molecule has 0 amide bonds. The fourth-order valence-electron chi connectivity index (χ4n) is 1.10. The summed E-state index contributed by atoms with van der Waals surface area (Å²) in [5.41, 5.74) is 0. The fraction of sp³-hybridized carbons (Fsp3) is 0.125. The van der Waals surface area contributed by atoms with Crippen molar-refractivity contribution >= 4 is 33.2 Å². The summed E-state index contributed by atoms with van der Waals surface area (Å²) in [7, 11) is 1.63. The van der Waals surface area contributed by atoms with Gasteiger partial charge in [0.2, 0.25) is 0 Å². The Morgan fingerprint density at radius 1 is 1.50 bits per heavy atom. The number of rotatable bonds is 1. The SMILES string of the molecule is COc1cccc2snc(Cl)c12. The van der Waals surface area contributed by atoms with Crippen molar-refractivity contribution in [1.82, 2.24) is 4.37 Å². The molecule has 0 aliphatic carbocycles. The zero-order chi connectivity index (χ0) is 8.55. The first-order valence-corrected chi connectivity index (χ1v) is 4.56. The molecule has 0 fully saturated rings. The van der Waals surface area contributed by atoms with E-state index < -0.39 is 0 Å². The Balaban J connectivity index is 2.84. The zero-order valence-electron chi connectivity index (χ0n) is 6.37. The molecule has 1 heterocycles. The second-order valence-electron chi connectivity index (χ2n) is 2.31. The second-order valence-corrected chi connectivity index (χ2v) is 3.47. The third kappa shape index (κ3) is 1.06. The smallest absolute Gasteiger partial charge is 0.154 e. The lowest BCUT2D eigenvalue weighted by atomic mass is 10.2. The van der Waals surface area contributed by atoms with Crippen LogP contribution in [0.4, 0.5) is 0 Å². The number of halogens is 1. The molecule has 0 aliphatic rings. The van der Waals surface area contributed by atoms with Crippen molar-refractivity contribution in [2.75, 3.05) is 7.11 Å². The van der Waals surface area contributed by atoms with E-state index in [1.54, 1.807) is 7.11 Å². The van der Waals surface area contributed by atoms with E-state index >= 15 is 0 Å². The van der Waals surface area contributed by atoms with Crippen molar-refractivity contribution in [2.45, 2.75) is 0 Å². The molecule has 4 heteroatoms. The van der Waals surface area contributed by atoms with Gasteiger partial charge in [-0.3, -0.25) is 0 Å². The average molecular weight is 200 g/mol. The Hall–Kier alpha value is -0.800. The van der Waals surface area contributed by atoms with Gasteiger partial charge in [-0.25, -0.2) is 0 Å². The number of methoxy groups -OCH3 is 1. The predicted molar refractivity (Wildman–Crippen MR) is 51.2 cm³/mol. The molecule has 2 nitrogen and oxygen atoms in total. The number of hydrogen-bond donors (Lipinski definition) is 0. The maximum atomic E-state index is 5.88. The van der Waals surface area contributed by atoms with Gasteiger partial charge in [0.15, 0.2) is 5.15 Å². The summed E-state index contributed by atoms with van der Waals surface area (Å²) in [6.45, 7) is 0. The monoisotopic (exact) mass is 199 g/mol. The van der Waals surface area contributed by atoms with E-state index in [0.717, 1.165) is 15.8 Å². The van der Waals surface area contributed by atoms with Crippen LogP contribution in [0.2, 0.25) is 5.15 Å². The summed E-state index contributed by atoms with van der Waals surface area (Å²) in [6, 6.07) is 5.78. The highest BCUT2D eigenvalue weighted by atomic mass is 35.5. The molecule has 62 valence electrons. The van der Waals surface area contributed by atoms with Crippen molar-refractivity contribution in [1.29, 1.82) is 0 Å². The van der Waals surface area contributed by atoms with Gasteiger partial charge in [-0.1, -0.05) is 17.7 Å². The third-order valence-electron chi connectivity index (χ3n) is 1.64. The molecule has 0 saturated carbocycles. The number of hydrogen-bond acceptors (Lipinski definition) is 3. The van der Waals surface area contributed by atoms with Crippen LogP contribution in [0.15, 0.2) is 18.2 Å². The molecule has 12 heavy (non-hydrogen) atoms. The standard InChI is InChI=1S/C8H6ClNOS/c1-11-5-3-2-4-6-7(5)8(9)10-12-6/h2-4H,1H3. The Morgan fingerprint density at radius 2 is 2.33 bits per heavy atom. The quantitative estimate of drug-likeness (QED) is 0.705. The highest BCUT2D eigenvalue weighted by molar-refractivity contribution is 7.13. The molecule has 0 bridgehead atoms. The van der Waals surface area contributed by atoms with Crippen molar-refractivity contribution in [3.8, 4) is 5.75 Å². The van der Waals surface area contributed by atoms with Gasteiger partial charge in [0.05, 0.1) is 17.2 Å². The number of fused-ring (bicyclic) bond motifs is 1. The first-order valence-electron chi connectivity index (χ1n) is 3.41. The maximum absolute atomic E-state index is 5.88. The van der Waals surface area contributed by atoms with E-state index in [0.29, 0.717) is 5.15 Å². The molecule has 0 radical (unpaired) electrons. The highest BCUT2D eigenvalue weighted by Gasteiger charge is 2.07. The lowest BCUT2D eigenvalue weighted by molar-refractivity contribution is 0.420. The minimum atomic E-state index is 0.521. The zero-order valence-corrected chi connectivity index (χ0v) is 7.95. The maximum Gasteiger partial charge on any atom is 0.154 e. The minimum absolute atomic E-state index is 0.521. The van der Waals surface area contributed by atoms with E-state index in [2.05, 4.69) is 4.37 Å². The van der Waals surface area contributed by atoms with Gasteiger partial charge in [-0.2, -0.15) is 4.37 Å². The van der Waals surface area contributed by atoms with Crippen LogP contribution < -0.4 is 4.74 Å². The normalized spacial score (nSPS) is 10.5. The van der Waals surface area contributed by atoms with Crippen LogP contribution in [0.5, 0.6) is 5.75 Å². The molecule has 0 N–H and O–H groups in total. The van der Waals surface area contributed by atoms with Gasteiger partial charge in [0, 0.05) is 0 Å². The lowest BCUT2D eigenvalue weighted by Crippen LogP contribution is -1.81. The predicted octanol–water partition coefficient (Wildman–Crippen LogP) is 2.96. The van der Waals surface area contributed by atoms with Crippen molar-refractivity contribution in [2.24, 2.45) is 0 Å². The molecule has 0 aliphatic heterocycles. The molecule has 0 spiro atoms. The third-order valence-corrected chi connectivity index (χ3v) is 2.82. The Labute approximate surface area is 78.9 Å². The number of nitrogens with zero attached hydrogens (tertiary/aromatic N) is 1. The van der Waals surface area contributed by atoms with Crippen LogP contribution in [0, 0.1) is 0 Å². The molecule has 0 unspecified atom stereocenters. The summed E-state index contributed by atoms with van der Waals surface area (Å²) < 4.78 is 10.2. The van der Waals surface area contributed by atoms with Gasteiger partial charge < -0.3 is 4.74 Å². The minimum Gasteiger partial charge on any atom is -0.496 e. The van der Waals surface area contributed by atoms with Gasteiger partial charge in [-0.05, 0) is 23.7 Å². The Bertz CT molecular complexity index is 412. The Kier molecular flexibility index (Phi) is 1.90. The topological polar surface area (TPSA) is 22.1 Å². The van der Waals surface area contributed by atoms with Crippen LogP contribution in [-0.2, 0) is 0 Å². The van der Waals surface area contributed by atoms with Gasteiger partial charge in [0.25, 0.3) is 0 Å². The Morgan fingerprint density at radius 3 is 3.08 bits per heavy atom. The number of ether oxygens (including phenoxy) is 1. The summed E-state index contributed by atoms with van der Waals surface area (Å²) in [5.74, 6) is 0.784. The summed E-state index contributed by atoms with van der Waals surface area (Å²) in [5, 5.41) is 1.43. The molecule has 0 saturated heterocycles. The van der Waals surface area contributed by atoms with Crippen LogP contribution >= 0.6 is 23.1 Å². The summed E-state index contributed by atoms with van der Waals surface area (Å²) in [4.78, 5) is 0. The van der Waals surface area contributed by atoms with E-state index in [4.69, 9.17) is 16.3 Å². The van der Waals surface area contributed by atoms with E-state index in [1.807, 2.05) is 18.2 Å². The molecule has 1 aromatic heterocycles. The molecule has 2 aromatic rings. The van der Waals surface area contributed by atoms with Crippen molar-refractivity contribution < 1.29 is 4.74 Å². The van der Waals surface area contributed by atoms with Crippen LogP contribution in [0.3, 0.4) is 0 Å². The van der Waals surface area contributed by atoms with Gasteiger partial charge in [0.1, 0.15) is 5.75 Å². The first kappa shape index (κ1) is 7.83. The van der Waals surface area contributed by atoms with Crippen molar-refractivity contribution in [3.05, 3.63) is 23.4 Å². The summed E-state index contributed by atoms with van der Waals surface area (Å²) in [6.07, 6.45) is 0. The molecule has 1 aromatic carbocycles. The van der Waals surface area contributed by atoms with Crippen molar-refractivity contribution in [3.63, 3.8) is 0 Å². The van der Waals surface area contributed by atoms with Crippen LogP contribution in [0.1, 0.15) is 0 Å². The van der Waals surface area contributed by atoms with Crippen LogP contribution in [0.25, 0.3) is 10.1 Å². The molecule has 0 atom stereocenters. The molecular formula is C8H6ClNOS. The summed E-state index contributed by atoms with van der Waals surface area (Å²) >= 11 is 7.26. The number of aromatic nitrogens is 1. The highest BCUT2D eigenvalue weighted by Crippen LogP contribution is 2.33. The molecule has 2 rings (SSSR count). The van der Waals surface area contributed by atoms with Crippen LogP contribution in [-0.4, -0.2) is 11.5 Å². The van der Waals surface area contributed by atoms with E-state index in [-0.39, 0.29) is 0 Å². The van der Waals surface area contributed by atoms with Gasteiger partial charge >= 0.3 is 0 Å². The fourth-order valence-corrected chi connectivity index (χ4v) is 2.15. The van der Waals surface area contributed by atoms with Gasteiger partial charge in [-0.15, -0.1) is 0 Å². The average Bonchev–Trinajstić information content (AvgIpc) is 2.48. The van der Waals surface area contributed by atoms with E-state index in [9.17, 15) is 0 Å². The van der Waals surface area contributed by atoms with E-state index in [1.165, 1.54) is 11.5 Å².